The Morgan fingerprint density at radius 1 is 1.62 bits per heavy atom. The van der Waals surface area contributed by atoms with Gasteiger partial charge in [0.15, 0.2) is 0 Å². The van der Waals surface area contributed by atoms with Gasteiger partial charge in [-0.1, -0.05) is 6.07 Å². The molecule has 6 heteroatoms. The number of rotatable bonds is 1. The second kappa shape index (κ2) is 2.44. The monoisotopic (exact) mass is 179 g/mol. The van der Waals surface area contributed by atoms with Gasteiger partial charge in [-0.3, -0.25) is 9.42 Å². The number of carbonyl (C=O) groups excluding carboxylic acids is 1. The van der Waals surface area contributed by atoms with Gasteiger partial charge in [0, 0.05) is 5.16 Å². The van der Waals surface area contributed by atoms with E-state index < -0.39 is 5.91 Å². The molecule has 1 aromatic carbocycles. The molecular weight excluding hydrogens is 174 g/mol. The highest BCUT2D eigenvalue weighted by atomic mass is 16.8. The van der Waals surface area contributed by atoms with Crippen LogP contribution in [0.25, 0.3) is 11.0 Å². The highest BCUT2D eigenvalue weighted by Crippen LogP contribution is 2.12. The lowest BCUT2D eigenvalue weighted by Gasteiger charge is -1.90. The van der Waals surface area contributed by atoms with Gasteiger partial charge in [0.05, 0.1) is 5.56 Å². The van der Waals surface area contributed by atoms with Gasteiger partial charge in [-0.25, -0.2) is 0 Å². The second-order valence-corrected chi connectivity index (χ2v) is 2.47. The molecule has 0 radical (unpaired) electrons. The van der Waals surface area contributed by atoms with Gasteiger partial charge in [-0.2, -0.15) is 0 Å². The molecule has 13 heavy (non-hydrogen) atoms. The third-order valence-corrected chi connectivity index (χ3v) is 1.68. The van der Waals surface area contributed by atoms with Crippen molar-refractivity contribution in [2.45, 2.75) is 0 Å². The molecule has 66 valence electrons. The zero-order valence-electron chi connectivity index (χ0n) is 6.43. The molecule has 0 bridgehead atoms. The van der Waals surface area contributed by atoms with Crippen molar-refractivity contribution in [3.05, 3.63) is 29.0 Å². The van der Waals surface area contributed by atoms with Crippen molar-refractivity contribution < 1.29 is 14.3 Å². The molecule has 0 unspecified atom stereocenters. The molecule has 0 aliphatic carbocycles. The quantitative estimate of drug-likeness (QED) is 0.600. The van der Waals surface area contributed by atoms with Crippen molar-refractivity contribution in [2.24, 2.45) is 5.73 Å². The van der Waals surface area contributed by atoms with E-state index in [1.165, 1.54) is 18.2 Å². The van der Waals surface area contributed by atoms with Crippen molar-refractivity contribution in [1.82, 2.24) is 5.16 Å². The van der Waals surface area contributed by atoms with Gasteiger partial charge in [-0.15, -0.1) is 0 Å². The summed E-state index contributed by atoms with van der Waals surface area (Å²) in [5.74, 6) is -0.639. The van der Waals surface area contributed by atoms with Crippen LogP contribution in [0.2, 0.25) is 0 Å². The van der Waals surface area contributed by atoms with Crippen LogP contribution in [0.4, 0.5) is 0 Å². The van der Waals surface area contributed by atoms with E-state index in [-0.39, 0.29) is 21.5 Å². The predicted octanol–water partition coefficient (Wildman–Crippen LogP) is -0.440. The van der Waals surface area contributed by atoms with Gasteiger partial charge in [0.2, 0.25) is 5.52 Å². The van der Waals surface area contributed by atoms with Gasteiger partial charge >= 0.3 is 0 Å². The number of primary amides is 1. The molecule has 0 spiro atoms. The molecule has 0 saturated heterocycles. The Morgan fingerprint density at radius 2 is 2.38 bits per heavy atom. The van der Waals surface area contributed by atoms with Crippen molar-refractivity contribution in [3.63, 3.8) is 0 Å². The van der Waals surface area contributed by atoms with Crippen LogP contribution in [-0.4, -0.2) is 11.1 Å². The fraction of sp³-hybridized carbons (Fsp3) is 0. The molecule has 2 N–H and O–H groups in total. The molecule has 0 atom stereocenters. The molecule has 1 heterocycles. The summed E-state index contributed by atoms with van der Waals surface area (Å²) in [6.45, 7) is 0. The second-order valence-electron chi connectivity index (χ2n) is 2.47. The van der Waals surface area contributed by atoms with Crippen molar-refractivity contribution in [2.75, 3.05) is 0 Å². The topological polar surface area (TPSA) is 96.1 Å². The Kier molecular flexibility index (Phi) is 1.42. The number of hydrogen-bond acceptors (Lipinski definition) is 4. The summed E-state index contributed by atoms with van der Waals surface area (Å²) in [7, 11) is 0. The number of carbonyl (C=O) groups is 1. The van der Waals surface area contributed by atoms with E-state index in [0.717, 1.165) is 0 Å². The number of benzene rings is 1. The first-order valence-corrected chi connectivity index (χ1v) is 3.48. The van der Waals surface area contributed by atoms with Gasteiger partial charge in [0.25, 0.3) is 11.4 Å². The first-order chi connectivity index (χ1) is 6.20. The van der Waals surface area contributed by atoms with Crippen LogP contribution < -0.4 is 10.6 Å². The largest absolute Gasteiger partial charge is 0.365 e. The Balaban J connectivity index is 2.84. The van der Waals surface area contributed by atoms with Crippen molar-refractivity contribution in [1.29, 1.82) is 0 Å². The number of nitrogens with two attached hydrogens (primary N) is 1. The molecule has 0 fully saturated rings. The maximum Gasteiger partial charge on any atom is 0.261 e. The van der Waals surface area contributed by atoms with Crippen molar-refractivity contribution in [3.8, 4) is 0 Å². The van der Waals surface area contributed by atoms with Crippen LogP contribution in [0.5, 0.6) is 0 Å². The Hall–Kier alpha value is -2.11. The summed E-state index contributed by atoms with van der Waals surface area (Å²) in [5, 5.41) is 14.3. The zero-order valence-corrected chi connectivity index (χ0v) is 6.43. The molecule has 2 aromatic rings. The van der Waals surface area contributed by atoms with E-state index in [1.807, 2.05) is 0 Å². The fourth-order valence-electron chi connectivity index (χ4n) is 1.10. The first-order valence-electron chi connectivity index (χ1n) is 3.48. The number of hydrogen-bond donors (Lipinski definition) is 1. The molecule has 1 amide bonds. The Morgan fingerprint density at radius 3 is 3.08 bits per heavy atom. The van der Waals surface area contributed by atoms with Crippen LogP contribution >= 0.6 is 0 Å². The number of aromatic nitrogens is 2. The van der Waals surface area contributed by atoms with E-state index in [0.29, 0.717) is 0 Å². The van der Waals surface area contributed by atoms with Crippen LogP contribution in [0.1, 0.15) is 10.4 Å². The number of amides is 1. The summed E-state index contributed by atoms with van der Waals surface area (Å²) in [4.78, 5) is 11.1. The number of nitrogens with zero attached hydrogens (tertiary/aromatic N) is 2. The minimum atomic E-state index is -0.639. The lowest BCUT2D eigenvalue weighted by molar-refractivity contribution is -0.782. The molecule has 6 nitrogen and oxygen atoms in total. The van der Waals surface area contributed by atoms with Crippen LogP contribution in [-0.2, 0) is 0 Å². The third-order valence-electron chi connectivity index (χ3n) is 1.68. The van der Waals surface area contributed by atoms with Gasteiger partial charge in [0.1, 0.15) is 0 Å². The summed E-state index contributed by atoms with van der Waals surface area (Å²) in [6.07, 6.45) is 0. The maximum absolute atomic E-state index is 10.9. The molecule has 0 aliphatic heterocycles. The van der Waals surface area contributed by atoms with Gasteiger partial charge in [-0.05, 0) is 17.0 Å². The highest BCUT2D eigenvalue weighted by Gasteiger charge is 2.16. The fourth-order valence-corrected chi connectivity index (χ4v) is 1.10. The van der Waals surface area contributed by atoms with Crippen LogP contribution in [0.15, 0.2) is 22.8 Å². The van der Waals surface area contributed by atoms with Crippen molar-refractivity contribution >= 4 is 16.9 Å². The first kappa shape index (κ1) is 7.53. The van der Waals surface area contributed by atoms with E-state index in [9.17, 15) is 10.0 Å². The van der Waals surface area contributed by atoms with Crippen LogP contribution in [0.3, 0.4) is 0 Å². The smallest absolute Gasteiger partial charge is 0.261 e. The lowest BCUT2D eigenvalue weighted by atomic mass is 10.2. The predicted molar refractivity (Wildman–Crippen MR) is 41.5 cm³/mol. The normalized spacial score (nSPS) is 10.5. The summed E-state index contributed by atoms with van der Waals surface area (Å²) < 4.78 is 4.31. The molecule has 0 aliphatic rings. The number of fused-ring (bicyclic) bond motifs is 1. The minimum absolute atomic E-state index is 0.177. The van der Waals surface area contributed by atoms with E-state index in [1.54, 1.807) is 0 Å². The Labute approximate surface area is 72.1 Å². The summed E-state index contributed by atoms with van der Waals surface area (Å²) in [6, 6.07) is 4.51. The van der Waals surface area contributed by atoms with E-state index >= 15 is 0 Å². The highest BCUT2D eigenvalue weighted by molar-refractivity contribution is 6.02. The molecule has 0 saturated carbocycles. The summed E-state index contributed by atoms with van der Waals surface area (Å²) in [5.41, 5.74) is 5.61. The average Bonchev–Trinajstić information content (AvgIpc) is 2.48. The molecular formula is C7H5N3O3. The minimum Gasteiger partial charge on any atom is -0.365 e. The lowest BCUT2D eigenvalue weighted by Crippen LogP contribution is -2.22. The average molecular weight is 179 g/mol. The zero-order chi connectivity index (χ0) is 9.42. The Bertz CT molecular complexity index is 477. The van der Waals surface area contributed by atoms with E-state index in [2.05, 4.69) is 9.79 Å². The van der Waals surface area contributed by atoms with Gasteiger partial charge < -0.3 is 10.9 Å². The standard InChI is InChI=1S/C7H5N3O3/c8-7(11)4-2-1-3-5-6(4)9-13-10(5)12/h1-3H,(H2,8,11). The third kappa shape index (κ3) is 0.994. The molecule has 2 rings (SSSR count). The SMILES string of the molecule is NC(=O)c1cccc2c1no[n+]2[O-]. The summed E-state index contributed by atoms with van der Waals surface area (Å²) >= 11 is 0. The maximum atomic E-state index is 10.9. The van der Waals surface area contributed by atoms with Crippen LogP contribution in [0, 0.1) is 5.21 Å². The van der Waals surface area contributed by atoms with E-state index in [4.69, 9.17) is 5.73 Å². The molecule has 1 aromatic heterocycles.